The molecule has 3 aromatic rings. The van der Waals surface area contributed by atoms with Crippen LogP contribution >= 0.6 is 0 Å². The van der Waals surface area contributed by atoms with Crippen LogP contribution in [0.5, 0.6) is 5.75 Å². The van der Waals surface area contributed by atoms with Crippen LogP contribution in [-0.4, -0.2) is 64.8 Å². The van der Waals surface area contributed by atoms with Gasteiger partial charge in [-0.05, 0) is 61.9 Å². The molecule has 0 bridgehead atoms. The molecule has 1 aromatic carbocycles. The summed E-state index contributed by atoms with van der Waals surface area (Å²) in [5, 5.41) is 13.3. The number of fused-ring (bicyclic) bond motifs is 1. The Kier molecular flexibility index (Phi) is 7.02. The molecule has 7 nitrogen and oxygen atoms in total. The number of nitrogens with zero attached hydrogens (tertiary/aromatic N) is 2. The van der Waals surface area contributed by atoms with E-state index in [0.717, 1.165) is 49.6 Å². The largest absolute Gasteiger partial charge is 0.496 e. The van der Waals surface area contributed by atoms with Crippen LogP contribution in [-0.2, 0) is 4.79 Å². The van der Waals surface area contributed by atoms with Gasteiger partial charge in [-0.1, -0.05) is 6.08 Å². The van der Waals surface area contributed by atoms with Gasteiger partial charge < -0.3 is 20.1 Å². The average Bonchev–Trinajstić information content (AvgIpc) is 3.30. The molecule has 3 N–H and O–H groups in total. The smallest absolute Gasteiger partial charge is 0.234 e. The number of hydrogen-bond acceptors (Lipinski definition) is 5. The fourth-order valence-corrected chi connectivity index (χ4v) is 5.17. The number of aromatic nitrogens is 2. The van der Waals surface area contributed by atoms with Gasteiger partial charge in [-0.15, -0.1) is 0 Å². The summed E-state index contributed by atoms with van der Waals surface area (Å²) in [6, 6.07) is 6.01. The summed E-state index contributed by atoms with van der Waals surface area (Å²) in [5.41, 5.74) is 2.96. The van der Waals surface area contributed by atoms with E-state index in [1.165, 1.54) is 25.3 Å². The van der Waals surface area contributed by atoms with E-state index >= 15 is 0 Å². The molecule has 5 rings (SSSR count). The summed E-state index contributed by atoms with van der Waals surface area (Å²) in [4.78, 5) is 22.0. The number of carbonyl (C=O) groups is 1. The van der Waals surface area contributed by atoms with Gasteiger partial charge in [-0.25, -0.2) is 13.8 Å². The number of nitrogens with one attached hydrogen (secondary N) is 2. The van der Waals surface area contributed by atoms with Crippen molar-refractivity contribution in [3.8, 4) is 16.9 Å². The first kappa shape index (κ1) is 24.4. The number of halogens is 2. The number of methoxy groups -OCH3 is 1. The highest BCUT2D eigenvalue weighted by molar-refractivity contribution is 5.97. The number of aliphatic hydroxyl groups excluding tert-OH is 1. The van der Waals surface area contributed by atoms with E-state index in [1.54, 1.807) is 0 Å². The van der Waals surface area contributed by atoms with Gasteiger partial charge in [0.15, 0.2) is 0 Å². The Morgan fingerprint density at radius 2 is 2.06 bits per heavy atom. The first-order valence-electron chi connectivity index (χ1n) is 12.3. The van der Waals surface area contributed by atoms with Crippen molar-refractivity contribution in [2.75, 3.05) is 26.7 Å². The number of ether oxygens (including phenoxy) is 1. The Morgan fingerprint density at radius 1 is 1.25 bits per heavy atom. The van der Waals surface area contributed by atoms with Gasteiger partial charge in [0.25, 0.3) is 0 Å². The van der Waals surface area contributed by atoms with Crippen LogP contribution in [0.15, 0.2) is 36.5 Å². The predicted molar refractivity (Wildman–Crippen MR) is 133 cm³/mol. The Bertz CT molecular complexity index is 1300. The summed E-state index contributed by atoms with van der Waals surface area (Å²) in [7, 11) is 1.47. The molecular formula is C27H30F2N4O3. The quantitative estimate of drug-likeness (QED) is 0.480. The van der Waals surface area contributed by atoms with Crippen LogP contribution in [0.3, 0.4) is 0 Å². The van der Waals surface area contributed by atoms with Gasteiger partial charge in [0.1, 0.15) is 23.0 Å². The van der Waals surface area contributed by atoms with Crippen LogP contribution in [0.25, 0.3) is 27.7 Å². The van der Waals surface area contributed by atoms with E-state index in [4.69, 9.17) is 4.74 Å². The Labute approximate surface area is 208 Å². The first-order valence-corrected chi connectivity index (χ1v) is 12.3. The lowest BCUT2D eigenvalue weighted by Gasteiger charge is -2.29. The summed E-state index contributed by atoms with van der Waals surface area (Å²) in [6.07, 6.45) is 6.77. The molecule has 1 aliphatic heterocycles. The number of hydrogen-bond donors (Lipinski definition) is 3. The molecule has 9 heteroatoms. The van der Waals surface area contributed by atoms with Crippen molar-refractivity contribution in [1.29, 1.82) is 0 Å². The molecule has 0 radical (unpaired) electrons. The van der Waals surface area contributed by atoms with Crippen molar-refractivity contribution >= 4 is 22.5 Å². The molecule has 1 aliphatic carbocycles. The van der Waals surface area contributed by atoms with Gasteiger partial charge in [0, 0.05) is 41.3 Å². The normalized spacial score (nSPS) is 20.8. The monoisotopic (exact) mass is 496 g/mol. The lowest BCUT2D eigenvalue weighted by molar-refractivity contribution is -0.123. The minimum Gasteiger partial charge on any atom is -0.496 e. The Balaban J connectivity index is 1.31. The second-order valence-corrected chi connectivity index (χ2v) is 9.56. The number of H-pyrrole nitrogens is 1. The van der Waals surface area contributed by atoms with Crippen LogP contribution in [0.1, 0.15) is 37.8 Å². The lowest BCUT2D eigenvalue weighted by atomic mass is 9.93. The maximum atomic E-state index is 14.9. The Morgan fingerprint density at radius 3 is 2.78 bits per heavy atom. The zero-order valence-electron chi connectivity index (χ0n) is 20.2. The number of pyridine rings is 1. The minimum absolute atomic E-state index is 0.00668. The number of amides is 1. The van der Waals surface area contributed by atoms with Crippen molar-refractivity contribution in [3.63, 3.8) is 0 Å². The third-order valence-electron chi connectivity index (χ3n) is 7.11. The molecule has 1 saturated carbocycles. The molecule has 190 valence electrons. The van der Waals surface area contributed by atoms with Crippen molar-refractivity contribution in [2.45, 2.75) is 44.2 Å². The average molecular weight is 497 g/mol. The van der Waals surface area contributed by atoms with Gasteiger partial charge in [-0.2, -0.15) is 0 Å². The Hall–Kier alpha value is -3.30. The molecule has 0 unspecified atom stereocenters. The minimum atomic E-state index is -0.556. The highest BCUT2D eigenvalue weighted by Gasteiger charge is 2.23. The second kappa shape index (κ2) is 10.4. The van der Waals surface area contributed by atoms with E-state index in [9.17, 15) is 18.7 Å². The summed E-state index contributed by atoms with van der Waals surface area (Å²) >= 11 is 0. The van der Waals surface area contributed by atoms with E-state index in [-0.39, 0.29) is 23.6 Å². The zero-order valence-corrected chi connectivity index (χ0v) is 20.2. The standard InChI is InChI=1S/C27H30F2N4O3/c1-36-24-7-2-17(28)12-20(24)26-21-13-23(32-27(21)30-14-22(26)29)16-8-10-33(11-9-16)15-25(35)31-18-3-5-19(34)6-4-18/h2,7-8,12-14,18-19,34H,3-6,9-11,15H2,1H3,(H,30,32)(H,31,35)/t18-,19-. The van der Waals surface area contributed by atoms with Crippen molar-refractivity contribution in [3.05, 3.63) is 53.9 Å². The zero-order chi connectivity index (χ0) is 25.2. The number of carbonyl (C=O) groups excluding carboxylic acids is 1. The molecule has 1 fully saturated rings. The third-order valence-corrected chi connectivity index (χ3v) is 7.11. The van der Waals surface area contributed by atoms with Crippen LogP contribution < -0.4 is 10.1 Å². The molecular weight excluding hydrogens is 466 g/mol. The molecule has 2 aromatic heterocycles. The SMILES string of the molecule is COc1ccc(F)cc1-c1c(F)cnc2[nH]c(C3=CCN(CC(=O)N[C@H]4CC[C@H](O)CC4)CC3)cc12. The molecule has 1 amide bonds. The fraction of sp³-hybridized carbons (Fsp3) is 0.407. The topological polar surface area (TPSA) is 90.5 Å². The van der Waals surface area contributed by atoms with E-state index in [2.05, 4.69) is 26.3 Å². The molecule has 2 aliphatic rings. The van der Waals surface area contributed by atoms with Crippen molar-refractivity contribution in [1.82, 2.24) is 20.2 Å². The van der Waals surface area contributed by atoms with Gasteiger partial charge in [0.05, 0.1) is 26.0 Å². The number of benzene rings is 1. The summed E-state index contributed by atoms with van der Waals surface area (Å²) in [5.74, 6) is -0.654. The maximum absolute atomic E-state index is 14.9. The number of aromatic amines is 1. The van der Waals surface area contributed by atoms with Gasteiger partial charge in [-0.3, -0.25) is 9.69 Å². The predicted octanol–water partition coefficient (Wildman–Crippen LogP) is 4.03. The van der Waals surface area contributed by atoms with Crippen LogP contribution in [0.2, 0.25) is 0 Å². The summed E-state index contributed by atoms with van der Waals surface area (Å²) < 4.78 is 34.3. The number of rotatable bonds is 6. The second-order valence-electron chi connectivity index (χ2n) is 9.56. The molecule has 0 saturated heterocycles. The highest BCUT2D eigenvalue weighted by atomic mass is 19.1. The molecule has 0 atom stereocenters. The first-order chi connectivity index (χ1) is 17.4. The van der Waals surface area contributed by atoms with Crippen LogP contribution in [0.4, 0.5) is 8.78 Å². The van der Waals surface area contributed by atoms with E-state index < -0.39 is 11.6 Å². The molecule has 3 heterocycles. The lowest BCUT2D eigenvalue weighted by Crippen LogP contribution is -2.44. The van der Waals surface area contributed by atoms with E-state index in [1.807, 2.05) is 6.07 Å². The van der Waals surface area contributed by atoms with Crippen molar-refractivity contribution in [2.24, 2.45) is 0 Å². The number of aliphatic hydroxyl groups is 1. The van der Waals surface area contributed by atoms with Gasteiger partial charge >= 0.3 is 0 Å². The van der Waals surface area contributed by atoms with Crippen molar-refractivity contribution < 1.29 is 23.4 Å². The third kappa shape index (κ3) is 5.12. The highest BCUT2D eigenvalue weighted by Crippen LogP contribution is 2.38. The van der Waals surface area contributed by atoms with Crippen LogP contribution in [0, 0.1) is 11.6 Å². The molecule has 36 heavy (non-hydrogen) atoms. The summed E-state index contributed by atoms with van der Waals surface area (Å²) in [6.45, 7) is 1.66. The van der Waals surface area contributed by atoms with Gasteiger partial charge in [0.2, 0.25) is 5.91 Å². The van der Waals surface area contributed by atoms with E-state index in [0.29, 0.717) is 42.0 Å². The fourth-order valence-electron chi connectivity index (χ4n) is 5.17. The maximum Gasteiger partial charge on any atom is 0.234 e. The molecule has 0 spiro atoms.